The number of nitrogens with zero attached hydrogens (tertiary/aromatic N) is 2. The monoisotopic (exact) mass is 469 g/mol. The fourth-order valence-electron chi connectivity index (χ4n) is 4.50. The van der Waals surface area contributed by atoms with Crippen LogP contribution in [0.3, 0.4) is 0 Å². The maximum absolute atomic E-state index is 13.3. The van der Waals surface area contributed by atoms with Crippen LogP contribution in [0, 0.1) is 0 Å². The molecule has 0 atom stereocenters. The van der Waals surface area contributed by atoms with Crippen molar-refractivity contribution < 1.29 is 14.6 Å². The molecular weight excluding hydrogens is 438 g/mol. The highest BCUT2D eigenvalue weighted by Gasteiger charge is 2.40. The van der Waals surface area contributed by atoms with E-state index in [1.165, 1.54) is 0 Å². The summed E-state index contributed by atoms with van der Waals surface area (Å²) in [7, 11) is 3.67. The number of amides is 1. The number of ether oxygens (including phenoxy) is 1. The number of anilines is 1. The van der Waals surface area contributed by atoms with Crippen molar-refractivity contribution in [3.8, 4) is 5.75 Å². The molecule has 1 heterocycles. The average molecular weight is 470 g/mol. The van der Waals surface area contributed by atoms with E-state index in [1.54, 1.807) is 61.9 Å². The minimum Gasteiger partial charge on any atom is -0.496 e. The minimum absolute atomic E-state index is 0.120. The van der Waals surface area contributed by atoms with E-state index in [9.17, 15) is 9.90 Å². The molecule has 0 fully saturated rings. The Hall–Kier alpha value is -3.90. The van der Waals surface area contributed by atoms with Crippen LogP contribution in [0.1, 0.15) is 43.0 Å². The van der Waals surface area contributed by atoms with Crippen molar-refractivity contribution in [2.45, 2.75) is 31.9 Å². The standard InChI is InChI=1S/C29H31N3O3/c1-20-18-28(2,3)32(4)25-17-26(35-5)21(16-24(20)25)19-30-31-27(33)29(34,22-12-8-6-9-13-22)23-14-10-7-11-15-23/h6-19,34H,1-5H3,(H,31,33)/b30-19-. The van der Waals surface area contributed by atoms with Gasteiger partial charge in [-0.2, -0.15) is 5.10 Å². The van der Waals surface area contributed by atoms with Gasteiger partial charge in [0, 0.05) is 29.9 Å². The number of allylic oxidation sites excluding steroid dienone is 1. The zero-order valence-electron chi connectivity index (χ0n) is 20.7. The summed E-state index contributed by atoms with van der Waals surface area (Å²) in [5, 5.41) is 15.8. The summed E-state index contributed by atoms with van der Waals surface area (Å²) < 4.78 is 5.63. The zero-order chi connectivity index (χ0) is 25.2. The largest absolute Gasteiger partial charge is 0.496 e. The average Bonchev–Trinajstić information content (AvgIpc) is 2.87. The molecule has 6 heteroatoms. The van der Waals surface area contributed by atoms with Crippen LogP contribution >= 0.6 is 0 Å². The predicted molar refractivity (Wildman–Crippen MR) is 141 cm³/mol. The lowest BCUT2D eigenvalue weighted by Crippen LogP contribution is -2.43. The Morgan fingerprint density at radius 3 is 2.17 bits per heavy atom. The number of likely N-dealkylation sites (N-methyl/N-ethyl adjacent to an activating group) is 1. The second-order valence-corrected chi connectivity index (χ2v) is 9.29. The first-order valence-corrected chi connectivity index (χ1v) is 11.5. The van der Waals surface area contributed by atoms with Gasteiger partial charge in [0.25, 0.3) is 5.91 Å². The van der Waals surface area contributed by atoms with Crippen LogP contribution in [-0.4, -0.2) is 36.9 Å². The van der Waals surface area contributed by atoms with E-state index in [1.807, 2.05) is 24.3 Å². The second kappa shape index (κ2) is 9.39. The Balaban J connectivity index is 1.66. The van der Waals surface area contributed by atoms with Crippen LogP contribution in [0.15, 0.2) is 84.0 Å². The third kappa shape index (κ3) is 4.45. The molecule has 0 aliphatic carbocycles. The van der Waals surface area contributed by atoms with Gasteiger partial charge in [0.15, 0.2) is 5.60 Å². The molecule has 1 aliphatic heterocycles. The highest BCUT2D eigenvalue weighted by molar-refractivity contribution is 5.93. The smallest absolute Gasteiger partial charge is 0.281 e. The molecule has 3 aromatic rings. The minimum atomic E-state index is -1.90. The Kier molecular flexibility index (Phi) is 6.50. The first-order chi connectivity index (χ1) is 16.7. The number of methoxy groups -OCH3 is 1. The zero-order valence-corrected chi connectivity index (χ0v) is 20.7. The lowest BCUT2D eigenvalue weighted by molar-refractivity contribution is -0.136. The Morgan fingerprint density at radius 2 is 1.63 bits per heavy atom. The lowest BCUT2D eigenvalue weighted by Gasteiger charge is -2.40. The normalized spacial score (nSPS) is 14.9. The van der Waals surface area contributed by atoms with Gasteiger partial charge in [-0.25, -0.2) is 5.43 Å². The summed E-state index contributed by atoms with van der Waals surface area (Å²) >= 11 is 0. The van der Waals surface area contributed by atoms with Crippen LogP contribution in [0.25, 0.3) is 5.57 Å². The molecule has 0 radical (unpaired) electrons. The number of aliphatic hydroxyl groups is 1. The molecule has 3 aromatic carbocycles. The number of hydrazone groups is 1. The predicted octanol–water partition coefficient (Wildman–Crippen LogP) is 4.71. The van der Waals surface area contributed by atoms with Crippen molar-refractivity contribution in [1.29, 1.82) is 0 Å². The van der Waals surface area contributed by atoms with Crippen molar-refractivity contribution in [3.63, 3.8) is 0 Å². The quantitative estimate of drug-likeness (QED) is 0.405. The molecule has 0 saturated carbocycles. The number of carbonyl (C=O) groups excluding carboxylic acids is 1. The highest BCUT2D eigenvalue weighted by atomic mass is 16.5. The summed E-state index contributed by atoms with van der Waals surface area (Å²) in [6.45, 7) is 6.41. The number of rotatable bonds is 6. The van der Waals surface area contributed by atoms with Gasteiger partial charge in [-0.1, -0.05) is 66.7 Å². The first-order valence-electron chi connectivity index (χ1n) is 11.5. The van der Waals surface area contributed by atoms with Crippen molar-refractivity contribution in [2.24, 2.45) is 5.10 Å². The summed E-state index contributed by atoms with van der Waals surface area (Å²) in [4.78, 5) is 15.5. The Morgan fingerprint density at radius 1 is 1.06 bits per heavy atom. The van der Waals surface area contributed by atoms with Crippen molar-refractivity contribution >= 4 is 23.4 Å². The number of nitrogens with one attached hydrogen (secondary N) is 1. The molecule has 1 amide bonds. The molecule has 0 bridgehead atoms. The van der Waals surface area contributed by atoms with Gasteiger partial charge < -0.3 is 14.7 Å². The number of carbonyl (C=O) groups is 1. The maximum atomic E-state index is 13.3. The van der Waals surface area contributed by atoms with Gasteiger partial charge in [0.05, 0.1) is 18.9 Å². The molecule has 6 nitrogen and oxygen atoms in total. The molecular formula is C29H31N3O3. The van der Waals surface area contributed by atoms with Crippen LogP contribution in [-0.2, 0) is 10.4 Å². The van der Waals surface area contributed by atoms with E-state index in [0.29, 0.717) is 16.9 Å². The van der Waals surface area contributed by atoms with Crippen molar-refractivity contribution in [3.05, 3.63) is 101 Å². The fraction of sp³-hybridized carbons (Fsp3) is 0.241. The molecule has 0 aromatic heterocycles. The third-order valence-electron chi connectivity index (χ3n) is 6.65. The van der Waals surface area contributed by atoms with E-state index >= 15 is 0 Å². The fourth-order valence-corrected chi connectivity index (χ4v) is 4.50. The van der Waals surface area contributed by atoms with E-state index in [4.69, 9.17) is 4.74 Å². The SMILES string of the molecule is COc1cc2c(cc1/C=N\NC(=O)C(O)(c1ccccc1)c1ccccc1)C(C)=CC(C)(C)N2C. The van der Waals surface area contributed by atoms with E-state index in [-0.39, 0.29) is 5.54 Å². The number of benzene rings is 3. The molecule has 0 saturated heterocycles. The van der Waals surface area contributed by atoms with E-state index in [2.05, 4.69) is 49.3 Å². The number of hydrogen-bond donors (Lipinski definition) is 2. The Bertz CT molecular complexity index is 1240. The van der Waals surface area contributed by atoms with Gasteiger partial charge in [-0.15, -0.1) is 0 Å². The van der Waals surface area contributed by atoms with Crippen LogP contribution in [0.2, 0.25) is 0 Å². The Labute approximate surface area is 206 Å². The molecule has 4 rings (SSSR count). The highest BCUT2D eigenvalue weighted by Crippen LogP contribution is 2.41. The second-order valence-electron chi connectivity index (χ2n) is 9.29. The topological polar surface area (TPSA) is 74.2 Å². The number of hydrogen-bond acceptors (Lipinski definition) is 5. The van der Waals surface area contributed by atoms with Gasteiger partial charge in [-0.05, 0) is 43.5 Å². The van der Waals surface area contributed by atoms with Gasteiger partial charge in [-0.3, -0.25) is 4.79 Å². The van der Waals surface area contributed by atoms with Crippen LogP contribution in [0.5, 0.6) is 5.75 Å². The van der Waals surface area contributed by atoms with Crippen LogP contribution in [0.4, 0.5) is 5.69 Å². The first kappa shape index (κ1) is 24.2. The summed E-state index contributed by atoms with van der Waals surface area (Å²) in [5.41, 5.74) is 5.45. The lowest BCUT2D eigenvalue weighted by atomic mass is 9.85. The molecule has 180 valence electrons. The molecule has 1 aliphatic rings. The maximum Gasteiger partial charge on any atom is 0.281 e. The van der Waals surface area contributed by atoms with E-state index < -0.39 is 11.5 Å². The van der Waals surface area contributed by atoms with Gasteiger partial charge >= 0.3 is 0 Å². The van der Waals surface area contributed by atoms with E-state index in [0.717, 1.165) is 22.4 Å². The molecule has 0 unspecified atom stereocenters. The summed E-state index contributed by atoms with van der Waals surface area (Å²) in [5.74, 6) is -0.0129. The van der Waals surface area contributed by atoms with Gasteiger partial charge in [0.2, 0.25) is 0 Å². The third-order valence-corrected chi connectivity index (χ3v) is 6.65. The molecule has 0 spiro atoms. The number of fused-ring (bicyclic) bond motifs is 1. The van der Waals surface area contributed by atoms with Crippen molar-refractivity contribution in [1.82, 2.24) is 5.43 Å². The summed E-state index contributed by atoms with van der Waals surface area (Å²) in [6, 6.07) is 21.7. The summed E-state index contributed by atoms with van der Waals surface area (Å²) in [6.07, 6.45) is 3.77. The van der Waals surface area contributed by atoms with Crippen LogP contribution < -0.4 is 15.1 Å². The van der Waals surface area contributed by atoms with Gasteiger partial charge in [0.1, 0.15) is 5.75 Å². The molecule has 2 N–H and O–H groups in total. The molecule has 35 heavy (non-hydrogen) atoms. The van der Waals surface area contributed by atoms with Crippen molar-refractivity contribution in [2.75, 3.05) is 19.1 Å².